The molecule has 2 unspecified atom stereocenters. The van der Waals surface area contributed by atoms with Gasteiger partial charge in [0.2, 0.25) is 5.91 Å². The maximum atomic E-state index is 12.1. The van der Waals surface area contributed by atoms with E-state index in [9.17, 15) is 9.59 Å². The summed E-state index contributed by atoms with van der Waals surface area (Å²) in [6.45, 7) is 10.1. The second-order valence-electron chi connectivity index (χ2n) is 6.66. The van der Waals surface area contributed by atoms with Gasteiger partial charge in [-0.1, -0.05) is 6.92 Å². The van der Waals surface area contributed by atoms with E-state index < -0.39 is 5.41 Å². The van der Waals surface area contributed by atoms with Crippen molar-refractivity contribution in [2.75, 3.05) is 40.3 Å². The van der Waals surface area contributed by atoms with Crippen LogP contribution < -0.4 is 10.6 Å². The number of carbonyl (C=O) groups is 2. The monoisotopic (exact) mass is 326 g/mol. The summed E-state index contributed by atoms with van der Waals surface area (Å²) in [5, 5.41) is 6.09. The highest BCUT2D eigenvalue weighted by molar-refractivity contribution is 5.85. The van der Waals surface area contributed by atoms with Crippen LogP contribution in [-0.4, -0.2) is 63.1 Å². The fraction of sp³-hybridized carbons (Fsp3) is 0.812. The lowest BCUT2D eigenvalue weighted by Crippen LogP contribution is -2.48. The van der Waals surface area contributed by atoms with Crippen LogP contribution in [0.4, 0.5) is 0 Å². The van der Waals surface area contributed by atoms with Crippen molar-refractivity contribution in [3.8, 4) is 0 Å². The van der Waals surface area contributed by atoms with E-state index in [1.54, 1.807) is 7.05 Å². The minimum Gasteiger partial charge on any atom is -0.469 e. The molecule has 0 spiro atoms. The van der Waals surface area contributed by atoms with E-state index in [0.717, 1.165) is 6.54 Å². The van der Waals surface area contributed by atoms with Gasteiger partial charge in [0.15, 0.2) is 5.96 Å². The summed E-state index contributed by atoms with van der Waals surface area (Å²) in [6.07, 6.45) is 0. The summed E-state index contributed by atoms with van der Waals surface area (Å²) >= 11 is 0. The SMILES string of the molecule is CCNC(=O)C(C)(C)CNC(=NC)N1CC(C)C(C(=O)OC)C1. The first-order valence-electron chi connectivity index (χ1n) is 8.08. The number of amides is 1. The number of hydrogen-bond donors (Lipinski definition) is 2. The lowest BCUT2D eigenvalue weighted by atomic mass is 9.92. The summed E-state index contributed by atoms with van der Waals surface area (Å²) in [5.41, 5.74) is -0.543. The summed E-state index contributed by atoms with van der Waals surface area (Å²) in [5.74, 6) is 0.594. The molecule has 23 heavy (non-hydrogen) atoms. The van der Waals surface area contributed by atoms with E-state index >= 15 is 0 Å². The van der Waals surface area contributed by atoms with Crippen LogP contribution in [0.1, 0.15) is 27.7 Å². The summed E-state index contributed by atoms with van der Waals surface area (Å²) in [7, 11) is 3.12. The molecule has 0 aromatic rings. The maximum absolute atomic E-state index is 12.1. The highest BCUT2D eigenvalue weighted by Gasteiger charge is 2.37. The first-order valence-corrected chi connectivity index (χ1v) is 8.08. The van der Waals surface area contributed by atoms with E-state index in [1.807, 2.05) is 32.6 Å². The predicted molar refractivity (Wildman–Crippen MR) is 90.1 cm³/mol. The number of esters is 1. The number of nitrogens with zero attached hydrogens (tertiary/aromatic N) is 2. The van der Waals surface area contributed by atoms with Crippen molar-refractivity contribution >= 4 is 17.8 Å². The van der Waals surface area contributed by atoms with Gasteiger partial charge in [-0.15, -0.1) is 0 Å². The van der Waals surface area contributed by atoms with E-state index in [1.165, 1.54) is 7.11 Å². The molecule has 1 rings (SSSR count). The molecule has 132 valence electrons. The molecule has 0 bridgehead atoms. The number of carbonyl (C=O) groups excluding carboxylic acids is 2. The van der Waals surface area contributed by atoms with Gasteiger partial charge in [-0.3, -0.25) is 14.6 Å². The van der Waals surface area contributed by atoms with Crippen molar-refractivity contribution in [2.45, 2.75) is 27.7 Å². The van der Waals surface area contributed by atoms with Gasteiger partial charge in [0.1, 0.15) is 0 Å². The Morgan fingerprint density at radius 1 is 1.30 bits per heavy atom. The average Bonchev–Trinajstić information content (AvgIpc) is 2.89. The summed E-state index contributed by atoms with van der Waals surface area (Å²) in [4.78, 5) is 30.2. The molecular formula is C16H30N4O3. The van der Waals surface area contributed by atoms with Gasteiger partial charge in [-0.25, -0.2) is 0 Å². The largest absolute Gasteiger partial charge is 0.469 e. The second kappa shape index (κ2) is 8.17. The van der Waals surface area contributed by atoms with E-state index in [-0.39, 0.29) is 23.7 Å². The number of guanidine groups is 1. The van der Waals surface area contributed by atoms with Gasteiger partial charge in [-0.2, -0.15) is 0 Å². The Balaban J connectivity index is 2.66. The average molecular weight is 326 g/mol. The number of nitrogens with one attached hydrogen (secondary N) is 2. The molecule has 1 amide bonds. The smallest absolute Gasteiger partial charge is 0.310 e. The Kier molecular flexibility index (Phi) is 6.84. The second-order valence-corrected chi connectivity index (χ2v) is 6.66. The highest BCUT2D eigenvalue weighted by atomic mass is 16.5. The van der Waals surface area contributed by atoms with Gasteiger partial charge in [-0.05, 0) is 26.7 Å². The quantitative estimate of drug-likeness (QED) is 0.436. The van der Waals surface area contributed by atoms with Crippen LogP contribution in [0.3, 0.4) is 0 Å². The van der Waals surface area contributed by atoms with Gasteiger partial charge >= 0.3 is 5.97 Å². The zero-order chi connectivity index (χ0) is 17.6. The third-order valence-electron chi connectivity index (χ3n) is 4.27. The summed E-state index contributed by atoms with van der Waals surface area (Å²) < 4.78 is 4.86. The fourth-order valence-corrected chi connectivity index (χ4v) is 2.71. The molecule has 7 nitrogen and oxygen atoms in total. The molecule has 2 atom stereocenters. The molecule has 0 saturated carbocycles. The number of likely N-dealkylation sites (tertiary alicyclic amines) is 1. The fourth-order valence-electron chi connectivity index (χ4n) is 2.71. The minimum absolute atomic E-state index is 0.00480. The van der Waals surface area contributed by atoms with Crippen molar-refractivity contribution in [1.82, 2.24) is 15.5 Å². The Labute approximate surface area is 138 Å². The van der Waals surface area contributed by atoms with Crippen LogP contribution in [-0.2, 0) is 14.3 Å². The zero-order valence-electron chi connectivity index (χ0n) is 15.1. The number of methoxy groups -OCH3 is 1. The molecule has 1 aliphatic heterocycles. The molecule has 1 fully saturated rings. The van der Waals surface area contributed by atoms with Crippen molar-refractivity contribution in [1.29, 1.82) is 0 Å². The Morgan fingerprint density at radius 3 is 2.48 bits per heavy atom. The minimum atomic E-state index is -0.543. The molecule has 7 heteroatoms. The van der Waals surface area contributed by atoms with Crippen LogP contribution in [0.15, 0.2) is 4.99 Å². The number of aliphatic imine (C=N–C) groups is 1. The summed E-state index contributed by atoms with van der Waals surface area (Å²) in [6, 6.07) is 0. The molecule has 0 aliphatic carbocycles. The standard InChI is InChI=1S/C16H30N4O3/c1-7-18-14(22)16(3,4)10-19-15(17-5)20-8-11(2)12(9-20)13(21)23-6/h11-12H,7-10H2,1-6H3,(H,17,19)(H,18,22). The van der Waals surface area contributed by atoms with Crippen molar-refractivity contribution in [2.24, 2.45) is 22.2 Å². The third-order valence-corrected chi connectivity index (χ3v) is 4.27. The molecule has 2 N–H and O–H groups in total. The topological polar surface area (TPSA) is 83.0 Å². The Bertz CT molecular complexity index is 462. The van der Waals surface area contributed by atoms with Gasteiger partial charge in [0, 0.05) is 33.2 Å². The van der Waals surface area contributed by atoms with E-state index in [0.29, 0.717) is 25.6 Å². The first kappa shape index (κ1) is 19.3. The van der Waals surface area contributed by atoms with Crippen molar-refractivity contribution < 1.29 is 14.3 Å². The predicted octanol–water partition coefficient (Wildman–Crippen LogP) is 0.465. The molecule has 1 saturated heterocycles. The Hall–Kier alpha value is -1.79. The van der Waals surface area contributed by atoms with Gasteiger partial charge in [0.25, 0.3) is 0 Å². The molecule has 1 aliphatic rings. The molecule has 1 heterocycles. The molecule has 0 aromatic carbocycles. The van der Waals surface area contributed by atoms with Crippen LogP contribution in [0.5, 0.6) is 0 Å². The number of ether oxygens (including phenoxy) is 1. The maximum Gasteiger partial charge on any atom is 0.310 e. The number of hydrogen-bond acceptors (Lipinski definition) is 4. The number of rotatable bonds is 5. The Morgan fingerprint density at radius 2 is 1.96 bits per heavy atom. The molecule has 0 aromatic heterocycles. The van der Waals surface area contributed by atoms with Crippen LogP contribution >= 0.6 is 0 Å². The van der Waals surface area contributed by atoms with Gasteiger partial charge < -0.3 is 20.3 Å². The lowest BCUT2D eigenvalue weighted by Gasteiger charge is -2.27. The van der Waals surface area contributed by atoms with Crippen molar-refractivity contribution in [3.63, 3.8) is 0 Å². The molecular weight excluding hydrogens is 296 g/mol. The first-order chi connectivity index (χ1) is 10.8. The van der Waals surface area contributed by atoms with E-state index in [2.05, 4.69) is 15.6 Å². The van der Waals surface area contributed by atoms with Crippen molar-refractivity contribution in [3.05, 3.63) is 0 Å². The normalized spacial score (nSPS) is 22.0. The lowest BCUT2D eigenvalue weighted by molar-refractivity contribution is -0.146. The van der Waals surface area contributed by atoms with Crippen LogP contribution in [0.2, 0.25) is 0 Å². The highest BCUT2D eigenvalue weighted by Crippen LogP contribution is 2.24. The zero-order valence-corrected chi connectivity index (χ0v) is 15.1. The van der Waals surface area contributed by atoms with E-state index in [4.69, 9.17) is 4.74 Å². The van der Waals surface area contributed by atoms with Gasteiger partial charge in [0.05, 0.1) is 18.4 Å². The third kappa shape index (κ3) is 4.84. The van der Waals surface area contributed by atoms with Crippen LogP contribution in [0.25, 0.3) is 0 Å². The molecule has 0 radical (unpaired) electrons. The van der Waals surface area contributed by atoms with Crippen LogP contribution in [0, 0.1) is 17.3 Å².